The van der Waals surface area contributed by atoms with Crippen LogP contribution in [0.3, 0.4) is 0 Å². The minimum atomic E-state index is 0.263. The molecule has 2 heteroatoms. The third kappa shape index (κ3) is 2.19. The molecule has 110 valence electrons. The molecule has 0 aromatic heterocycles. The molecule has 1 saturated carbocycles. The molecule has 2 fully saturated rings. The van der Waals surface area contributed by atoms with Crippen molar-refractivity contribution in [2.45, 2.75) is 58.7 Å². The summed E-state index contributed by atoms with van der Waals surface area (Å²) in [5.41, 5.74) is 3.06. The predicted molar refractivity (Wildman–Crippen MR) is 82.8 cm³/mol. The van der Waals surface area contributed by atoms with Crippen molar-refractivity contribution in [1.82, 2.24) is 5.32 Å². The normalized spacial score (nSPS) is 32.5. The summed E-state index contributed by atoms with van der Waals surface area (Å²) >= 11 is 0. The third-order valence-electron chi connectivity index (χ3n) is 5.42. The standard InChI is InChI=1S/C18H27NO/c1-5-13-6-8-14(9-7-13)12(2)19-16-15-10-11-20-17(15)18(16,3)4/h6-9,12,15-17,19H,5,10-11H2,1-4H3. The van der Waals surface area contributed by atoms with Crippen LogP contribution in [0.1, 0.15) is 51.3 Å². The molecule has 20 heavy (non-hydrogen) atoms. The van der Waals surface area contributed by atoms with Gasteiger partial charge in [-0.3, -0.25) is 0 Å². The predicted octanol–water partition coefficient (Wildman–Crippen LogP) is 3.71. The van der Waals surface area contributed by atoms with Crippen LogP contribution in [-0.4, -0.2) is 18.8 Å². The number of ether oxygens (including phenoxy) is 1. The topological polar surface area (TPSA) is 21.3 Å². The van der Waals surface area contributed by atoms with E-state index in [0.717, 1.165) is 13.0 Å². The van der Waals surface area contributed by atoms with Crippen LogP contribution in [0.15, 0.2) is 24.3 Å². The average molecular weight is 273 g/mol. The quantitative estimate of drug-likeness (QED) is 0.903. The zero-order valence-corrected chi connectivity index (χ0v) is 13.1. The Labute approximate surface area is 122 Å². The van der Waals surface area contributed by atoms with E-state index in [0.29, 0.717) is 24.1 Å². The van der Waals surface area contributed by atoms with E-state index < -0.39 is 0 Å². The first-order valence-electron chi connectivity index (χ1n) is 8.00. The molecular formula is C18H27NO. The second-order valence-corrected chi connectivity index (χ2v) is 7.03. The summed E-state index contributed by atoms with van der Waals surface area (Å²) in [5, 5.41) is 3.85. The Bertz CT molecular complexity index is 465. The van der Waals surface area contributed by atoms with Gasteiger partial charge in [-0.05, 0) is 30.9 Å². The molecule has 0 radical (unpaired) electrons. The highest BCUT2D eigenvalue weighted by molar-refractivity contribution is 5.25. The number of aryl methyl sites for hydroxylation is 1. The highest BCUT2D eigenvalue weighted by Crippen LogP contribution is 2.52. The summed E-state index contributed by atoms with van der Waals surface area (Å²) in [7, 11) is 0. The van der Waals surface area contributed by atoms with Crippen LogP contribution in [-0.2, 0) is 11.2 Å². The Hall–Kier alpha value is -0.860. The lowest BCUT2D eigenvalue weighted by Gasteiger charge is -2.55. The van der Waals surface area contributed by atoms with E-state index >= 15 is 0 Å². The van der Waals surface area contributed by atoms with Gasteiger partial charge in [0.1, 0.15) is 0 Å². The molecule has 3 rings (SSSR count). The molecule has 4 atom stereocenters. The van der Waals surface area contributed by atoms with Crippen molar-refractivity contribution in [3.8, 4) is 0 Å². The molecule has 2 aliphatic rings. The molecule has 1 aliphatic carbocycles. The molecule has 1 N–H and O–H groups in total. The van der Waals surface area contributed by atoms with Gasteiger partial charge in [-0.15, -0.1) is 0 Å². The molecule has 1 saturated heterocycles. The van der Waals surface area contributed by atoms with Crippen LogP contribution in [0, 0.1) is 11.3 Å². The maximum Gasteiger partial charge on any atom is 0.0685 e. The lowest BCUT2D eigenvalue weighted by Crippen LogP contribution is -2.66. The van der Waals surface area contributed by atoms with E-state index in [9.17, 15) is 0 Å². The molecule has 2 nitrogen and oxygen atoms in total. The largest absolute Gasteiger partial charge is 0.377 e. The van der Waals surface area contributed by atoms with Crippen molar-refractivity contribution in [2.75, 3.05) is 6.61 Å². The van der Waals surface area contributed by atoms with E-state index in [1.165, 1.54) is 17.5 Å². The Morgan fingerprint density at radius 1 is 1.30 bits per heavy atom. The minimum Gasteiger partial charge on any atom is -0.377 e. The van der Waals surface area contributed by atoms with E-state index in [1.54, 1.807) is 0 Å². The van der Waals surface area contributed by atoms with Crippen molar-refractivity contribution in [1.29, 1.82) is 0 Å². The van der Waals surface area contributed by atoms with Gasteiger partial charge in [-0.1, -0.05) is 45.0 Å². The van der Waals surface area contributed by atoms with Gasteiger partial charge in [0.15, 0.2) is 0 Å². The molecule has 4 unspecified atom stereocenters. The van der Waals surface area contributed by atoms with Gasteiger partial charge in [0.2, 0.25) is 0 Å². The van der Waals surface area contributed by atoms with Gasteiger partial charge >= 0.3 is 0 Å². The molecule has 0 spiro atoms. The van der Waals surface area contributed by atoms with Gasteiger partial charge in [0, 0.05) is 30.0 Å². The van der Waals surface area contributed by atoms with Crippen LogP contribution >= 0.6 is 0 Å². The lowest BCUT2D eigenvalue weighted by atomic mass is 9.57. The SMILES string of the molecule is CCc1ccc(C(C)NC2C3CCOC3C2(C)C)cc1. The van der Waals surface area contributed by atoms with Crippen LogP contribution in [0.4, 0.5) is 0 Å². The molecular weight excluding hydrogens is 246 g/mol. The number of benzene rings is 1. The summed E-state index contributed by atoms with van der Waals surface area (Å²) in [4.78, 5) is 0. The van der Waals surface area contributed by atoms with Gasteiger partial charge < -0.3 is 10.1 Å². The Kier molecular flexibility index (Phi) is 3.64. The molecule has 0 bridgehead atoms. The Balaban J connectivity index is 1.67. The maximum atomic E-state index is 5.87. The number of rotatable bonds is 4. The van der Waals surface area contributed by atoms with Crippen molar-refractivity contribution < 1.29 is 4.74 Å². The Morgan fingerprint density at radius 2 is 2.00 bits per heavy atom. The summed E-state index contributed by atoms with van der Waals surface area (Å²) in [5.74, 6) is 0.711. The van der Waals surface area contributed by atoms with Crippen molar-refractivity contribution in [3.63, 3.8) is 0 Å². The minimum absolute atomic E-state index is 0.263. The van der Waals surface area contributed by atoms with Crippen LogP contribution in [0.2, 0.25) is 0 Å². The summed E-state index contributed by atoms with van der Waals surface area (Å²) in [6.07, 6.45) is 2.79. The van der Waals surface area contributed by atoms with Crippen LogP contribution < -0.4 is 5.32 Å². The first kappa shape index (κ1) is 14.1. The fraction of sp³-hybridized carbons (Fsp3) is 0.667. The fourth-order valence-electron chi connectivity index (χ4n) is 4.07. The third-order valence-corrected chi connectivity index (χ3v) is 5.42. The molecule has 1 aliphatic heterocycles. The van der Waals surface area contributed by atoms with Gasteiger partial charge in [0.25, 0.3) is 0 Å². The molecule has 1 aromatic rings. The second-order valence-electron chi connectivity index (χ2n) is 7.03. The van der Waals surface area contributed by atoms with Gasteiger partial charge in [0.05, 0.1) is 6.10 Å². The first-order valence-corrected chi connectivity index (χ1v) is 8.00. The number of hydrogen-bond acceptors (Lipinski definition) is 2. The monoisotopic (exact) mass is 273 g/mol. The average Bonchev–Trinajstić information content (AvgIpc) is 2.91. The zero-order valence-electron chi connectivity index (χ0n) is 13.1. The van der Waals surface area contributed by atoms with E-state index in [2.05, 4.69) is 57.3 Å². The van der Waals surface area contributed by atoms with E-state index in [4.69, 9.17) is 4.74 Å². The molecule has 1 aromatic carbocycles. The summed E-state index contributed by atoms with van der Waals surface area (Å²) < 4.78 is 5.87. The van der Waals surface area contributed by atoms with Gasteiger partial charge in [-0.25, -0.2) is 0 Å². The summed E-state index contributed by atoms with van der Waals surface area (Å²) in [6, 6.07) is 10.0. The number of hydrogen-bond donors (Lipinski definition) is 1. The maximum absolute atomic E-state index is 5.87. The van der Waals surface area contributed by atoms with E-state index in [1.807, 2.05) is 0 Å². The number of nitrogens with one attached hydrogen (secondary N) is 1. The van der Waals surface area contributed by atoms with E-state index in [-0.39, 0.29) is 5.41 Å². The van der Waals surface area contributed by atoms with Crippen molar-refractivity contribution >= 4 is 0 Å². The lowest BCUT2D eigenvalue weighted by molar-refractivity contribution is -0.115. The van der Waals surface area contributed by atoms with Crippen molar-refractivity contribution in [3.05, 3.63) is 35.4 Å². The molecule has 1 heterocycles. The van der Waals surface area contributed by atoms with Crippen LogP contribution in [0.5, 0.6) is 0 Å². The fourth-order valence-corrected chi connectivity index (χ4v) is 4.07. The Morgan fingerprint density at radius 3 is 2.65 bits per heavy atom. The molecule has 0 amide bonds. The van der Waals surface area contributed by atoms with Crippen LogP contribution in [0.25, 0.3) is 0 Å². The first-order chi connectivity index (χ1) is 9.54. The summed E-state index contributed by atoms with van der Waals surface area (Å²) in [6.45, 7) is 10.1. The smallest absolute Gasteiger partial charge is 0.0685 e. The second kappa shape index (κ2) is 5.16. The highest BCUT2D eigenvalue weighted by atomic mass is 16.5. The highest BCUT2D eigenvalue weighted by Gasteiger charge is 2.59. The number of fused-ring (bicyclic) bond motifs is 1. The van der Waals surface area contributed by atoms with Crippen molar-refractivity contribution in [2.24, 2.45) is 11.3 Å². The zero-order chi connectivity index (χ0) is 14.3. The van der Waals surface area contributed by atoms with Gasteiger partial charge in [-0.2, -0.15) is 0 Å².